The first-order valence-corrected chi connectivity index (χ1v) is 17.4. The Balaban J connectivity index is 1.78. The molecule has 0 N–H and O–H groups in total. The summed E-state index contributed by atoms with van der Waals surface area (Å²) < 4.78 is 5.50. The highest BCUT2D eigenvalue weighted by Gasteiger charge is 2.39. The molecular formula is C28H34O2Si2. The van der Waals surface area contributed by atoms with E-state index in [0.717, 1.165) is 12.8 Å². The quantitative estimate of drug-likeness (QED) is 0.228. The molecule has 0 saturated carbocycles. The number of hydrogen-bond donors (Lipinski definition) is 0. The molecule has 0 spiro atoms. The van der Waals surface area contributed by atoms with E-state index in [1.54, 1.807) is 17.0 Å². The van der Waals surface area contributed by atoms with Gasteiger partial charge in [-0.15, -0.1) is 0 Å². The van der Waals surface area contributed by atoms with Gasteiger partial charge >= 0.3 is 5.97 Å². The summed E-state index contributed by atoms with van der Waals surface area (Å²) in [4.78, 5) is 13.9. The fourth-order valence-corrected chi connectivity index (χ4v) is 15.6. The van der Waals surface area contributed by atoms with Gasteiger partial charge in [-0.05, 0) is 25.0 Å². The van der Waals surface area contributed by atoms with E-state index in [1.165, 1.54) is 10.4 Å². The number of hydrogen-bond acceptors (Lipinski definition) is 2. The maximum Gasteiger partial charge on any atom is 0.338 e. The Labute approximate surface area is 195 Å². The highest BCUT2D eigenvalue weighted by atomic mass is 28.4. The normalized spacial score (nSPS) is 11.6. The molecule has 0 radical (unpaired) electrons. The first-order chi connectivity index (χ1) is 15.3. The second kappa shape index (κ2) is 10.7. The molecule has 0 unspecified atom stereocenters. The number of carbonyl (C=O) groups is 1. The Bertz CT molecular complexity index is 973. The Kier molecular flexibility index (Phi) is 8.05. The molecule has 0 saturated heterocycles. The van der Waals surface area contributed by atoms with E-state index >= 15 is 0 Å². The first-order valence-electron chi connectivity index (χ1n) is 11.4. The van der Waals surface area contributed by atoms with E-state index in [0.29, 0.717) is 12.2 Å². The zero-order valence-electron chi connectivity index (χ0n) is 19.7. The molecule has 0 aromatic heterocycles. The van der Waals surface area contributed by atoms with Crippen LogP contribution in [-0.4, -0.2) is 28.7 Å². The van der Waals surface area contributed by atoms with Gasteiger partial charge in [0.2, 0.25) is 0 Å². The number of benzene rings is 3. The van der Waals surface area contributed by atoms with Crippen LogP contribution in [0.1, 0.15) is 23.2 Å². The van der Waals surface area contributed by atoms with Gasteiger partial charge in [-0.2, -0.15) is 0 Å². The number of esters is 1. The molecule has 0 aliphatic carbocycles. The minimum Gasteiger partial charge on any atom is -0.462 e. The Hall–Kier alpha value is -2.70. The Morgan fingerprint density at radius 1 is 0.719 bits per heavy atom. The molecule has 0 bridgehead atoms. The summed E-state index contributed by atoms with van der Waals surface area (Å²) in [6.45, 7) is 10.3. The predicted octanol–water partition coefficient (Wildman–Crippen LogP) is 5.86. The van der Waals surface area contributed by atoms with Gasteiger partial charge < -0.3 is 4.74 Å². The van der Waals surface area contributed by atoms with Gasteiger partial charge in [-0.1, -0.05) is 126 Å². The second-order valence-electron chi connectivity index (χ2n) is 9.24. The summed E-state index contributed by atoms with van der Waals surface area (Å²) in [6.07, 6.45) is 4.24. The lowest BCUT2D eigenvalue weighted by molar-refractivity contribution is 0.0501. The molecule has 0 fully saturated rings. The molecule has 0 heterocycles. The average Bonchev–Trinajstić information content (AvgIpc) is 2.82. The summed E-state index contributed by atoms with van der Waals surface area (Å²) in [7, 11) is -3.69. The maximum atomic E-state index is 12.2. The van der Waals surface area contributed by atoms with Crippen molar-refractivity contribution in [3.05, 3.63) is 107 Å². The Morgan fingerprint density at radius 2 is 1.16 bits per heavy atom. The van der Waals surface area contributed by atoms with E-state index < -0.39 is 16.1 Å². The monoisotopic (exact) mass is 458 g/mol. The molecule has 2 nitrogen and oxygen atoms in total. The Morgan fingerprint density at radius 3 is 1.62 bits per heavy atom. The van der Waals surface area contributed by atoms with Gasteiger partial charge in [0.1, 0.15) is 16.1 Å². The van der Waals surface area contributed by atoms with Crippen LogP contribution in [0.5, 0.6) is 0 Å². The predicted molar refractivity (Wildman–Crippen MR) is 141 cm³/mol. The lowest BCUT2D eigenvalue weighted by Crippen LogP contribution is -2.57. The minimum atomic E-state index is -1.85. The molecule has 166 valence electrons. The average molecular weight is 459 g/mol. The summed E-state index contributed by atoms with van der Waals surface area (Å²) in [6, 6.07) is 31.2. The number of rotatable bonds is 9. The molecule has 0 aliphatic rings. The summed E-state index contributed by atoms with van der Waals surface area (Å²) in [5, 5.41) is 2.94. The fourth-order valence-electron chi connectivity index (χ4n) is 4.46. The zero-order valence-corrected chi connectivity index (χ0v) is 21.7. The van der Waals surface area contributed by atoms with E-state index in [9.17, 15) is 4.79 Å². The molecule has 32 heavy (non-hydrogen) atoms. The van der Waals surface area contributed by atoms with Crippen LogP contribution in [-0.2, 0) is 4.74 Å². The van der Waals surface area contributed by atoms with Gasteiger partial charge in [0.05, 0.1) is 12.2 Å². The van der Waals surface area contributed by atoms with Crippen LogP contribution in [0.2, 0.25) is 26.2 Å². The molecule has 3 aromatic rings. The van der Waals surface area contributed by atoms with E-state index in [4.69, 9.17) is 4.74 Å². The number of carbonyl (C=O) groups excluding carboxylic acids is 1. The summed E-state index contributed by atoms with van der Waals surface area (Å²) in [5.74, 6) is -0.243. The molecule has 0 atom stereocenters. The third kappa shape index (κ3) is 5.75. The van der Waals surface area contributed by atoms with Gasteiger partial charge in [0, 0.05) is 0 Å². The van der Waals surface area contributed by atoms with Gasteiger partial charge in [0.15, 0.2) is 0 Å². The largest absolute Gasteiger partial charge is 0.462 e. The lowest BCUT2D eigenvalue weighted by atomic mass is 10.2. The van der Waals surface area contributed by atoms with Crippen molar-refractivity contribution in [1.82, 2.24) is 0 Å². The standard InChI is InChI=1S/C28H34O2Si2/c1-31(2,25-18-10-6-11-19-25)27(32(3,4)26-20-12-7-13-21-26)22-14-15-23-30-28(29)24-16-8-5-9-17-24/h5-13,16-22H,14-15,23H2,1-4H3. The highest BCUT2D eigenvalue weighted by Crippen LogP contribution is 2.27. The summed E-state index contributed by atoms with van der Waals surface area (Å²) in [5.41, 5.74) is 0.610. The van der Waals surface area contributed by atoms with E-state index in [-0.39, 0.29) is 5.97 Å². The highest BCUT2D eigenvalue weighted by molar-refractivity contribution is 7.15. The van der Waals surface area contributed by atoms with Crippen molar-refractivity contribution in [3.63, 3.8) is 0 Å². The van der Waals surface area contributed by atoms with Crippen LogP contribution in [0.15, 0.2) is 102 Å². The maximum absolute atomic E-state index is 12.2. The van der Waals surface area contributed by atoms with Crippen LogP contribution in [0.3, 0.4) is 0 Å². The molecule has 0 amide bonds. The van der Waals surface area contributed by atoms with Crippen LogP contribution in [0, 0.1) is 0 Å². The number of allylic oxidation sites excluding steroid dienone is 1. The third-order valence-electron chi connectivity index (χ3n) is 6.28. The van der Waals surface area contributed by atoms with Gasteiger partial charge in [-0.3, -0.25) is 0 Å². The SMILES string of the molecule is C[Si](C)(C(=CCCCOC(=O)c1ccccc1)[Si](C)(C)c1ccccc1)c1ccccc1. The smallest absolute Gasteiger partial charge is 0.338 e. The van der Waals surface area contributed by atoms with Crippen molar-refractivity contribution in [2.75, 3.05) is 6.61 Å². The van der Waals surface area contributed by atoms with Crippen molar-refractivity contribution in [2.45, 2.75) is 39.0 Å². The van der Waals surface area contributed by atoms with Crippen molar-refractivity contribution < 1.29 is 9.53 Å². The minimum absolute atomic E-state index is 0.243. The molecule has 3 aromatic carbocycles. The van der Waals surface area contributed by atoms with E-state index in [1.807, 2.05) is 18.2 Å². The topological polar surface area (TPSA) is 26.3 Å². The third-order valence-corrected chi connectivity index (χ3v) is 16.7. The number of unbranched alkanes of at least 4 members (excludes halogenated alkanes) is 1. The van der Waals surface area contributed by atoms with Crippen molar-refractivity contribution in [1.29, 1.82) is 0 Å². The summed E-state index contributed by atoms with van der Waals surface area (Å²) >= 11 is 0. The van der Waals surface area contributed by atoms with Crippen LogP contribution < -0.4 is 10.4 Å². The van der Waals surface area contributed by atoms with Crippen molar-refractivity contribution >= 4 is 32.5 Å². The fraction of sp³-hybridized carbons (Fsp3) is 0.250. The first kappa shape index (κ1) is 24.0. The zero-order chi connectivity index (χ0) is 23.0. The van der Waals surface area contributed by atoms with Crippen molar-refractivity contribution in [2.24, 2.45) is 0 Å². The van der Waals surface area contributed by atoms with Crippen LogP contribution in [0.4, 0.5) is 0 Å². The number of ether oxygens (including phenoxy) is 1. The molecule has 0 aliphatic heterocycles. The molecule has 4 heteroatoms. The van der Waals surface area contributed by atoms with Crippen LogP contribution in [0.25, 0.3) is 0 Å². The van der Waals surface area contributed by atoms with E-state index in [2.05, 4.69) is 92.9 Å². The molecular weight excluding hydrogens is 424 g/mol. The molecule has 3 rings (SSSR count). The van der Waals surface area contributed by atoms with Crippen molar-refractivity contribution in [3.8, 4) is 0 Å². The van der Waals surface area contributed by atoms with Crippen LogP contribution >= 0.6 is 0 Å². The lowest BCUT2D eigenvalue weighted by Gasteiger charge is -2.37. The van der Waals surface area contributed by atoms with Gasteiger partial charge in [0.25, 0.3) is 0 Å². The second-order valence-corrected chi connectivity index (χ2v) is 18.5. The van der Waals surface area contributed by atoms with Gasteiger partial charge in [-0.25, -0.2) is 4.79 Å².